The third kappa shape index (κ3) is 3.88. The molecule has 5 nitrogen and oxygen atoms in total. The molecular weight excluding hydrogens is 141 g/mol. The highest BCUT2D eigenvalue weighted by Gasteiger charge is 2.14. The van der Waals surface area contributed by atoms with Gasteiger partial charge in [0.2, 0.25) is 0 Å². The SMILES string of the molecule is CN(C[P+](=O)O)C(=N)N. The van der Waals surface area contributed by atoms with Crippen molar-refractivity contribution in [3.8, 4) is 0 Å². The molecule has 1 unspecified atom stereocenters. The highest BCUT2D eigenvalue weighted by Crippen LogP contribution is 2.12. The van der Waals surface area contributed by atoms with Gasteiger partial charge in [0.25, 0.3) is 6.29 Å². The van der Waals surface area contributed by atoms with Crippen molar-refractivity contribution in [2.45, 2.75) is 0 Å². The van der Waals surface area contributed by atoms with Crippen LogP contribution in [0.15, 0.2) is 0 Å². The average Bonchev–Trinajstić information content (AvgIpc) is 1.63. The van der Waals surface area contributed by atoms with Crippen LogP contribution in [0.2, 0.25) is 0 Å². The van der Waals surface area contributed by atoms with Gasteiger partial charge >= 0.3 is 8.03 Å². The summed E-state index contributed by atoms with van der Waals surface area (Å²) in [6.45, 7) is 0. The van der Waals surface area contributed by atoms with Crippen LogP contribution in [0.5, 0.6) is 0 Å². The third-order valence-corrected chi connectivity index (χ3v) is 1.41. The lowest BCUT2D eigenvalue weighted by molar-refractivity contribution is 0.470. The van der Waals surface area contributed by atoms with Gasteiger partial charge in [0.1, 0.15) is 0 Å². The van der Waals surface area contributed by atoms with Gasteiger partial charge < -0.3 is 10.6 Å². The average molecular weight is 150 g/mol. The fraction of sp³-hybridized carbons (Fsp3) is 0.667. The quantitative estimate of drug-likeness (QED) is 0.281. The second-order valence-corrected chi connectivity index (χ2v) is 2.56. The molecule has 0 radical (unpaired) electrons. The fourth-order valence-electron chi connectivity index (χ4n) is 0.258. The van der Waals surface area contributed by atoms with Crippen LogP contribution in [-0.2, 0) is 4.57 Å². The normalized spacial score (nSPS) is 10.7. The second kappa shape index (κ2) is 3.37. The van der Waals surface area contributed by atoms with E-state index < -0.39 is 8.03 Å². The summed E-state index contributed by atoms with van der Waals surface area (Å²) in [6, 6.07) is 0. The Morgan fingerprint density at radius 1 is 2.00 bits per heavy atom. The van der Waals surface area contributed by atoms with Crippen LogP contribution in [0, 0.1) is 5.41 Å². The number of guanidine groups is 1. The largest absolute Gasteiger partial charge is 0.527 e. The number of nitrogens with one attached hydrogen (secondary N) is 1. The van der Waals surface area contributed by atoms with E-state index in [9.17, 15) is 4.57 Å². The minimum absolute atomic E-state index is 0.0787. The molecule has 9 heavy (non-hydrogen) atoms. The first-order valence-electron chi connectivity index (χ1n) is 2.22. The molecule has 0 aliphatic heterocycles. The highest BCUT2D eigenvalue weighted by molar-refractivity contribution is 7.37. The van der Waals surface area contributed by atoms with Gasteiger partial charge in [-0.2, -0.15) is 4.89 Å². The monoisotopic (exact) mass is 150 g/mol. The molecule has 0 fully saturated rings. The molecule has 1 atom stereocenters. The van der Waals surface area contributed by atoms with Gasteiger partial charge in [-0.25, -0.2) is 0 Å². The van der Waals surface area contributed by atoms with Crippen LogP contribution >= 0.6 is 8.03 Å². The Hall–Kier alpha value is -0.670. The van der Waals surface area contributed by atoms with Gasteiger partial charge in [-0.3, -0.25) is 5.41 Å². The maximum atomic E-state index is 10.1. The molecule has 0 aromatic heterocycles. The van der Waals surface area contributed by atoms with Gasteiger partial charge in [-0.1, -0.05) is 0 Å². The Morgan fingerprint density at radius 2 is 2.44 bits per heavy atom. The molecule has 0 rings (SSSR count). The molecular formula is C3H9N3O2P+. The molecule has 0 heterocycles. The standard InChI is InChI=1S/C3H8N3O2P/c1-6(3(4)5)2-9(7)8/h2H2,1H3,(H3-,4,5,7,8)/p+1. The Balaban J connectivity index is 3.63. The maximum Gasteiger partial charge on any atom is 0.527 e. The Kier molecular flexibility index (Phi) is 3.12. The van der Waals surface area contributed by atoms with E-state index in [1.807, 2.05) is 0 Å². The number of hydrogen-bond acceptors (Lipinski definition) is 2. The summed E-state index contributed by atoms with van der Waals surface area (Å²) < 4.78 is 10.1. The summed E-state index contributed by atoms with van der Waals surface area (Å²) in [5, 5.41) is 6.76. The van der Waals surface area contributed by atoms with Crippen molar-refractivity contribution in [3.63, 3.8) is 0 Å². The first kappa shape index (κ1) is 8.33. The summed E-state index contributed by atoms with van der Waals surface area (Å²) in [5.41, 5.74) is 4.95. The number of nitrogens with zero attached hydrogens (tertiary/aromatic N) is 1. The lowest BCUT2D eigenvalue weighted by Gasteiger charge is -2.07. The third-order valence-electron chi connectivity index (χ3n) is 0.744. The number of nitrogens with two attached hydrogens (primary N) is 1. The summed E-state index contributed by atoms with van der Waals surface area (Å²) in [5.74, 6) is -0.201. The molecule has 0 saturated carbocycles. The van der Waals surface area contributed by atoms with Gasteiger partial charge in [0.15, 0.2) is 5.96 Å². The van der Waals surface area contributed by atoms with E-state index in [1.54, 1.807) is 0 Å². The van der Waals surface area contributed by atoms with E-state index >= 15 is 0 Å². The second-order valence-electron chi connectivity index (χ2n) is 1.58. The number of rotatable bonds is 2. The van der Waals surface area contributed by atoms with Gasteiger partial charge in [0, 0.05) is 7.05 Å². The Morgan fingerprint density at radius 3 is 2.56 bits per heavy atom. The molecule has 0 spiro atoms. The fourth-order valence-corrected chi connectivity index (χ4v) is 0.773. The van der Waals surface area contributed by atoms with Crippen molar-refractivity contribution in [2.24, 2.45) is 5.73 Å². The molecule has 52 valence electrons. The van der Waals surface area contributed by atoms with Crippen LogP contribution < -0.4 is 5.73 Å². The predicted octanol–water partition coefficient (Wildman–Crippen LogP) is -0.496. The molecule has 6 heteroatoms. The van der Waals surface area contributed by atoms with Crippen molar-refractivity contribution in [2.75, 3.05) is 13.3 Å². The smallest absolute Gasteiger partial charge is 0.370 e. The van der Waals surface area contributed by atoms with Crippen LogP contribution in [0.4, 0.5) is 0 Å². The predicted molar refractivity (Wildman–Crippen MR) is 34.4 cm³/mol. The molecule has 0 aromatic carbocycles. The van der Waals surface area contributed by atoms with Crippen molar-refractivity contribution < 1.29 is 9.46 Å². The van der Waals surface area contributed by atoms with Crippen LogP contribution in [0.1, 0.15) is 0 Å². The zero-order valence-electron chi connectivity index (χ0n) is 5.03. The summed E-state index contributed by atoms with van der Waals surface area (Å²) >= 11 is 0. The first-order valence-corrected chi connectivity index (χ1v) is 3.62. The molecule has 4 N–H and O–H groups in total. The van der Waals surface area contributed by atoms with Gasteiger partial charge in [-0.15, -0.1) is 0 Å². The molecule has 0 aliphatic carbocycles. The summed E-state index contributed by atoms with van der Waals surface area (Å²) in [4.78, 5) is 9.48. The van der Waals surface area contributed by atoms with Crippen molar-refractivity contribution in [1.29, 1.82) is 5.41 Å². The van der Waals surface area contributed by atoms with Crippen molar-refractivity contribution in [3.05, 3.63) is 0 Å². The van der Waals surface area contributed by atoms with Crippen LogP contribution in [-0.4, -0.2) is 29.1 Å². The zero-order chi connectivity index (χ0) is 7.44. The van der Waals surface area contributed by atoms with Crippen molar-refractivity contribution >= 4 is 14.0 Å². The van der Waals surface area contributed by atoms with E-state index in [0.29, 0.717) is 0 Å². The molecule has 0 aromatic rings. The van der Waals surface area contributed by atoms with Gasteiger partial charge in [-0.05, 0) is 4.57 Å². The van der Waals surface area contributed by atoms with Crippen molar-refractivity contribution in [1.82, 2.24) is 4.90 Å². The Labute approximate surface area is 53.8 Å². The van der Waals surface area contributed by atoms with E-state index in [2.05, 4.69) is 0 Å². The minimum atomic E-state index is -2.22. The summed E-state index contributed by atoms with van der Waals surface area (Å²) in [6.07, 6.45) is -0.0787. The molecule has 0 bridgehead atoms. The van der Waals surface area contributed by atoms with E-state index in [1.165, 1.54) is 11.9 Å². The van der Waals surface area contributed by atoms with E-state index in [0.717, 1.165) is 0 Å². The van der Waals surface area contributed by atoms with E-state index in [-0.39, 0.29) is 12.2 Å². The number of hydrogen-bond donors (Lipinski definition) is 3. The molecule has 0 amide bonds. The first-order chi connectivity index (χ1) is 4.04. The van der Waals surface area contributed by atoms with E-state index in [4.69, 9.17) is 16.0 Å². The maximum absolute atomic E-state index is 10.1. The lowest BCUT2D eigenvalue weighted by Crippen LogP contribution is -2.32. The summed E-state index contributed by atoms with van der Waals surface area (Å²) in [7, 11) is -0.739. The molecule has 0 saturated heterocycles. The lowest BCUT2D eigenvalue weighted by atomic mass is 10.8. The topological polar surface area (TPSA) is 90.4 Å². The van der Waals surface area contributed by atoms with Crippen LogP contribution in [0.25, 0.3) is 0 Å². The molecule has 0 aliphatic rings. The highest BCUT2D eigenvalue weighted by atomic mass is 31.1. The van der Waals surface area contributed by atoms with Crippen LogP contribution in [0.3, 0.4) is 0 Å². The minimum Gasteiger partial charge on any atom is -0.370 e. The Bertz CT molecular complexity index is 137. The van der Waals surface area contributed by atoms with Gasteiger partial charge in [0.05, 0.1) is 0 Å². The zero-order valence-corrected chi connectivity index (χ0v) is 5.93.